The summed E-state index contributed by atoms with van der Waals surface area (Å²) in [5, 5.41) is 10.8. The summed E-state index contributed by atoms with van der Waals surface area (Å²) >= 11 is 1.96. The number of nitrogens with one attached hydrogen (secondary N) is 2. The molecular formula is C22H22N4OS. The molecule has 5 nitrogen and oxygen atoms in total. The predicted molar refractivity (Wildman–Crippen MR) is 115 cm³/mol. The normalized spacial score (nSPS) is 15.9. The van der Waals surface area contributed by atoms with Gasteiger partial charge in [-0.15, -0.1) is 0 Å². The number of aromatic nitrogens is 2. The molecule has 1 aliphatic heterocycles. The Morgan fingerprint density at radius 1 is 1.14 bits per heavy atom. The Labute approximate surface area is 168 Å². The van der Waals surface area contributed by atoms with Crippen LogP contribution in [-0.4, -0.2) is 52.1 Å². The Morgan fingerprint density at radius 3 is 2.79 bits per heavy atom. The highest BCUT2D eigenvalue weighted by molar-refractivity contribution is 7.99. The molecule has 2 aliphatic rings. The molecule has 0 saturated carbocycles. The summed E-state index contributed by atoms with van der Waals surface area (Å²) in [6.45, 7) is 2.46. The lowest BCUT2D eigenvalue weighted by atomic mass is 10.1. The highest BCUT2D eigenvalue weighted by Crippen LogP contribution is 2.40. The minimum absolute atomic E-state index is 0.0648. The first-order chi connectivity index (χ1) is 13.8. The number of hydrogen-bond donors (Lipinski definition) is 2. The van der Waals surface area contributed by atoms with Crippen molar-refractivity contribution in [2.45, 2.75) is 6.42 Å². The molecule has 1 aromatic heterocycles. The molecule has 0 atom stereocenters. The van der Waals surface area contributed by atoms with Gasteiger partial charge in [0.15, 0.2) is 0 Å². The number of fused-ring (bicyclic) bond motifs is 3. The Balaban J connectivity index is 1.32. The minimum atomic E-state index is 0.0648. The van der Waals surface area contributed by atoms with Gasteiger partial charge in [-0.05, 0) is 17.7 Å². The first-order valence-electron chi connectivity index (χ1n) is 9.64. The van der Waals surface area contributed by atoms with E-state index in [0.29, 0.717) is 6.54 Å². The van der Waals surface area contributed by atoms with Crippen molar-refractivity contribution in [2.24, 2.45) is 0 Å². The van der Waals surface area contributed by atoms with Crippen molar-refractivity contribution in [3.63, 3.8) is 0 Å². The molecule has 28 heavy (non-hydrogen) atoms. The average Bonchev–Trinajstić information content (AvgIpc) is 3.28. The number of rotatable bonds is 4. The lowest BCUT2D eigenvalue weighted by molar-refractivity contribution is -0.117. The molecule has 1 fully saturated rings. The third kappa shape index (κ3) is 3.34. The minimum Gasteiger partial charge on any atom is -0.325 e. The average molecular weight is 391 g/mol. The highest BCUT2D eigenvalue weighted by atomic mass is 32.2. The summed E-state index contributed by atoms with van der Waals surface area (Å²) in [7, 11) is 0. The van der Waals surface area contributed by atoms with E-state index in [2.05, 4.69) is 44.7 Å². The Kier molecular flexibility index (Phi) is 4.66. The first kappa shape index (κ1) is 17.5. The zero-order chi connectivity index (χ0) is 18.9. The van der Waals surface area contributed by atoms with E-state index < -0.39 is 0 Å². The molecule has 0 bridgehead atoms. The van der Waals surface area contributed by atoms with Gasteiger partial charge in [-0.25, -0.2) is 0 Å². The number of hydrogen-bond acceptors (Lipinski definition) is 4. The number of carbonyl (C=O) groups is 1. The largest absolute Gasteiger partial charge is 0.325 e. The molecule has 6 heteroatoms. The van der Waals surface area contributed by atoms with E-state index in [-0.39, 0.29) is 5.91 Å². The van der Waals surface area contributed by atoms with Gasteiger partial charge in [0.1, 0.15) is 0 Å². The van der Waals surface area contributed by atoms with Crippen LogP contribution in [0.4, 0.5) is 5.69 Å². The molecule has 2 aromatic carbocycles. The second-order valence-corrected chi connectivity index (χ2v) is 8.50. The number of aromatic amines is 1. The molecule has 1 saturated heterocycles. The zero-order valence-corrected chi connectivity index (χ0v) is 16.4. The fourth-order valence-corrected chi connectivity index (χ4v) is 4.99. The van der Waals surface area contributed by atoms with Gasteiger partial charge < -0.3 is 5.32 Å². The van der Waals surface area contributed by atoms with Crippen molar-refractivity contribution in [2.75, 3.05) is 36.5 Å². The van der Waals surface area contributed by atoms with Crippen LogP contribution < -0.4 is 5.32 Å². The van der Waals surface area contributed by atoms with Gasteiger partial charge in [0.25, 0.3) is 0 Å². The lowest BCUT2D eigenvalue weighted by Gasteiger charge is -2.25. The number of nitrogens with zero attached hydrogens (tertiary/aromatic N) is 2. The van der Waals surface area contributed by atoms with Gasteiger partial charge in [0, 0.05) is 53.4 Å². The molecule has 1 amide bonds. The number of thioether (sulfide) groups is 1. The maximum atomic E-state index is 12.4. The van der Waals surface area contributed by atoms with E-state index in [1.165, 1.54) is 16.7 Å². The third-order valence-electron chi connectivity index (χ3n) is 5.41. The van der Waals surface area contributed by atoms with E-state index in [4.69, 9.17) is 0 Å². The van der Waals surface area contributed by atoms with Crippen LogP contribution in [0.5, 0.6) is 0 Å². The van der Waals surface area contributed by atoms with Crippen molar-refractivity contribution in [1.82, 2.24) is 15.1 Å². The topological polar surface area (TPSA) is 61.0 Å². The zero-order valence-electron chi connectivity index (χ0n) is 15.6. The Hall–Kier alpha value is -2.57. The number of H-pyrrole nitrogens is 1. The highest BCUT2D eigenvalue weighted by Gasteiger charge is 2.25. The van der Waals surface area contributed by atoms with Gasteiger partial charge in [0.05, 0.1) is 17.9 Å². The van der Waals surface area contributed by atoms with Crippen molar-refractivity contribution in [3.05, 3.63) is 59.7 Å². The molecule has 2 N–H and O–H groups in total. The van der Waals surface area contributed by atoms with Crippen LogP contribution in [0.25, 0.3) is 22.5 Å². The predicted octanol–water partition coefficient (Wildman–Crippen LogP) is 3.64. The molecule has 0 spiro atoms. The lowest BCUT2D eigenvalue weighted by Crippen LogP contribution is -2.38. The number of anilines is 1. The van der Waals surface area contributed by atoms with Crippen molar-refractivity contribution >= 4 is 23.4 Å². The van der Waals surface area contributed by atoms with Crippen molar-refractivity contribution in [3.8, 4) is 22.5 Å². The van der Waals surface area contributed by atoms with E-state index >= 15 is 0 Å². The smallest absolute Gasteiger partial charge is 0.238 e. The van der Waals surface area contributed by atoms with E-state index in [9.17, 15) is 4.79 Å². The molecule has 1 aliphatic carbocycles. The van der Waals surface area contributed by atoms with Gasteiger partial charge in [0.2, 0.25) is 5.91 Å². The second kappa shape index (κ2) is 7.45. The van der Waals surface area contributed by atoms with Crippen LogP contribution in [-0.2, 0) is 11.2 Å². The monoisotopic (exact) mass is 390 g/mol. The quantitative estimate of drug-likeness (QED) is 0.559. The summed E-state index contributed by atoms with van der Waals surface area (Å²) in [5.41, 5.74) is 7.74. The number of carbonyl (C=O) groups excluding carboxylic acids is 1. The summed E-state index contributed by atoms with van der Waals surface area (Å²) in [6, 6.07) is 16.4. The van der Waals surface area contributed by atoms with Crippen LogP contribution in [0.1, 0.15) is 11.1 Å². The molecule has 0 radical (unpaired) electrons. The molecule has 142 valence electrons. The standard InChI is InChI=1S/C22H22N4OS/c27-20(14-26-8-10-28-11-9-26)23-17-6-7-18-16(12-17)13-19-21(24-25-22(18)19)15-4-2-1-3-5-15/h1-7,12H,8-11,13-14H2,(H,23,27)(H,24,25). The maximum absolute atomic E-state index is 12.4. The van der Waals surface area contributed by atoms with Crippen LogP contribution >= 0.6 is 11.8 Å². The molecule has 3 aromatic rings. The molecule has 5 rings (SSSR count). The molecule has 0 unspecified atom stereocenters. The Morgan fingerprint density at radius 2 is 1.96 bits per heavy atom. The maximum Gasteiger partial charge on any atom is 0.238 e. The second-order valence-electron chi connectivity index (χ2n) is 7.28. The third-order valence-corrected chi connectivity index (χ3v) is 6.35. The fourth-order valence-electron chi connectivity index (χ4n) is 4.01. The summed E-state index contributed by atoms with van der Waals surface area (Å²) < 4.78 is 0. The van der Waals surface area contributed by atoms with Gasteiger partial charge >= 0.3 is 0 Å². The van der Waals surface area contributed by atoms with Crippen molar-refractivity contribution in [1.29, 1.82) is 0 Å². The number of benzene rings is 2. The molecular weight excluding hydrogens is 368 g/mol. The van der Waals surface area contributed by atoms with Crippen LogP contribution in [0.3, 0.4) is 0 Å². The van der Waals surface area contributed by atoms with Crippen LogP contribution in [0, 0.1) is 0 Å². The SMILES string of the molecule is O=C(CN1CCSCC1)Nc1ccc2c(c1)Cc1c(-c3ccccc3)n[nH]c1-2. The fraction of sp³-hybridized carbons (Fsp3) is 0.273. The first-order valence-corrected chi connectivity index (χ1v) is 10.8. The summed E-state index contributed by atoms with van der Waals surface area (Å²) in [4.78, 5) is 14.6. The summed E-state index contributed by atoms with van der Waals surface area (Å²) in [5.74, 6) is 2.29. The van der Waals surface area contributed by atoms with E-state index in [0.717, 1.165) is 53.7 Å². The Bertz CT molecular complexity index is 1010. The van der Waals surface area contributed by atoms with Crippen molar-refractivity contribution < 1.29 is 4.79 Å². The van der Waals surface area contributed by atoms with E-state index in [1.807, 2.05) is 36.0 Å². The molecule has 2 heterocycles. The van der Waals surface area contributed by atoms with Crippen LogP contribution in [0.15, 0.2) is 48.5 Å². The van der Waals surface area contributed by atoms with E-state index in [1.54, 1.807) is 0 Å². The van der Waals surface area contributed by atoms with Gasteiger partial charge in [-0.2, -0.15) is 16.9 Å². The van der Waals surface area contributed by atoms with Gasteiger partial charge in [-0.1, -0.05) is 36.4 Å². The van der Waals surface area contributed by atoms with Gasteiger partial charge in [-0.3, -0.25) is 14.8 Å². The summed E-state index contributed by atoms with van der Waals surface area (Å²) in [6.07, 6.45) is 0.832. The number of amides is 1. The van der Waals surface area contributed by atoms with Crippen LogP contribution in [0.2, 0.25) is 0 Å².